The third-order valence-corrected chi connectivity index (χ3v) is 8.53. The molecular formula is C31H43N5O4S. The van der Waals surface area contributed by atoms with Crippen molar-refractivity contribution in [3.8, 4) is 22.8 Å². The maximum Gasteiger partial charge on any atom is 0.185 e. The zero-order chi connectivity index (χ0) is 29.0. The molecule has 2 heterocycles. The lowest BCUT2D eigenvalue weighted by molar-refractivity contribution is 0.0393. The van der Waals surface area contributed by atoms with E-state index >= 15 is 0 Å². The van der Waals surface area contributed by atoms with E-state index in [4.69, 9.17) is 29.8 Å². The topological polar surface area (TPSA) is 103 Å². The lowest BCUT2D eigenvalue weighted by Gasteiger charge is -2.28. The number of aromatic nitrogens is 1. The first-order valence-electron chi connectivity index (χ1n) is 14.4. The van der Waals surface area contributed by atoms with Crippen molar-refractivity contribution in [2.24, 2.45) is 0 Å². The van der Waals surface area contributed by atoms with Crippen LogP contribution in [0.1, 0.15) is 49.5 Å². The number of likely N-dealkylation sites (N-methyl/N-ethyl adjacent to an activating group) is 1. The average molecular weight is 582 g/mol. The van der Waals surface area contributed by atoms with Crippen LogP contribution < -0.4 is 19.9 Å². The molecule has 0 amide bonds. The number of hydrogen-bond acceptors (Lipinski definition) is 9. The van der Waals surface area contributed by atoms with E-state index in [-0.39, 0.29) is 5.84 Å². The number of hydrogen-bond donors (Lipinski definition) is 3. The third kappa shape index (κ3) is 9.16. The van der Waals surface area contributed by atoms with Crippen molar-refractivity contribution in [2.45, 2.75) is 39.0 Å². The summed E-state index contributed by atoms with van der Waals surface area (Å²) in [4.78, 5) is 11.1. The van der Waals surface area contributed by atoms with Crippen molar-refractivity contribution in [1.82, 2.24) is 15.4 Å². The van der Waals surface area contributed by atoms with Gasteiger partial charge in [-0.1, -0.05) is 13.8 Å². The maximum atomic E-state index is 8.80. The van der Waals surface area contributed by atoms with E-state index in [1.165, 1.54) is 4.88 Å². The highest BCUT2D eigenvalue weighted by Crippen LogP contribution is 2.38. The highest BCUT2D eigenvalue weighted by molar-refractivity contribution is 7.16. The minimum atomic E-state index is -0.0396. The van der Waals surface area contributed by atoms with Crippen LogP contribution in [-0.2, 0) is 4.74 Å². The Morgan fingerprint density at radius 1 is 1.02 bits per heavy atom. The second kappa shape index (κ2) is 15.7. The van der Waals surface area contributed by atoms with Gasteiger partial charge in [0.2, 0.25) is 0 Å². The third-order valence-electron chi connectivity index (χ3n) is 7.06. The molecule has 3 N–H and O–H groups in total. The smallest absolute Gasteiger partial charge is 0.185 e. The van der Waals surface area contributed by atoms with Crippen LogP contribution in [0.4, 0.5) is 5.13 Å². The summed E-state index contributed by atoms with van der Waals surface area (Å²) in [6.45, 7) is 11.4. The Labute approximate surface area is 247 Å². The number of benzene rings is 2. The number of unbranched alkanes of at least 4 members (excludes halogenated alkanes) is 2. The summed E-state index contributed by atoms with van der Waals surface area (Å²) < 4.78 is 17.2. The SMILES string of the molecule is CC(C)c1sc(N(C)CCN2CCOCC2)nc1-c1ccc(OCCCCCOc2ccc(C(=N)NO)cc2)cc1. The molecule has 1 saturated heterocycles. The molecule has 1 aliphatic heterocycles. The number of morpholine rings is 1. The number of nitrogens with one attached hydrogen (secondary N) is 2. The van der Waals surface area contributed by atoms with Gasteiger partial charge in [-0.25, -0.2) is 4.98 Å². The van der Waals surface area contributed by atoms with Crippen LogP contribution in [0.2, 0.25) is 0 Å². The van der Waals surface area contributed by atoms with E-state index < -0.39 is 0 Å². The maximum absolute atomic E-state index is 8.80. The van der Waals surface area contributed by atoms with Gasteiger partial charge in [0, 0.05) is 49.2 Å². The minimum Gasteiger partial charge on any atom is -0.494 e. The van der Waals surface area contributed by atoms with Gasteiger partial charge in [0.05, 0.1) is 32.1 Å². The summed E-state index contributed by atoms with van der Waals surface area (Å²) in [6.07, 6.45) is 2.89. The van der Waals surface area contributed by atoms with Crippen LogP contribution in [0.25, 0.3) is 11.3 Å². The first-order valence-corrected chi connectivity index (χ1v) is 15.2. The molecule has 1 aliphatic rings. The Bertz CT molecular complexity index is 1210. The van der Waals surface area contributed by atoms with Crippen molar-refractivity contribution in [1.29, 1.82) is 5.41 Å². The zero-order valence-corrected chi connectivity index (χ0v) is 25.2. The molecule has 0 unspecified atom stereocenters. The molecule has 3 aromatic rings. The first kappa shape index (κ1) is 30.8. The molecule has 0 atom stereocenters. The quantitative estimate of drug-likeness (QED) is 0.0918. The number of ether oxygens (including phenoxy) is 3. The van der Waals surface area contributed by atoms with E-state index in [9.17, 15) is 0 Å². The molecule has 0 saturated carbocycles. The Balaban J connectivity index is 1.20. The van der Waals surface area contributed by atoms with Gasteiger partial charge >= 0.3 is 0 Å². The molecule has 0 radical (unpaired) electrons. The van der Waals surface area contributed by atoms with E-state index in [1.807, 2.05) is 17.6 Å². The molecule has 41 heavy (non-hydrogen) atoms. The summed E-state index contributed by atoms with van der Waals surface area (Å²) in [5.74, 6) is 1.99. The number of nitrogens with zero attached hydrogens (tertiary/aromatic N) is 3. The fourth-order valence-corrected chi connectivity index (χ4v) is 5.62. The van der Waals surface area contributed by atoms with Crippen LogP contribution in [0.3, 0.4) is 0 Å². The van der Waals surface area contributed by atoms with Gasteiger partial charge in [-0.2, -0.15) is 0 Å². The van der Waals surface area contributed by atoms with Crippen molar-refractivity contribution in [3.63, 3.8) is 0 Å². The van der Waals surface area contributed by atoms with Gasteiger partial charge in [0.15, 0.2) is 5.13 Å². The summed E-state index contributed by atoms with van der Waals surface area (Å²) in [7, 11) is 2.14. The van der Waals surface area contributed by atoms with Crippen molar-refractivity contribution >= 4 is 22.3 Å². The van der Waals surface area contributed by atoms with Gasteiger partial charge in [0.25, 0.3) is 0 Å². The second-order valence-corrected chi connectivity index (χ2v) is 11.5. The van der Waals surface area contributed by atoms with Crippen LogP contribution >= 0.6 is 11.3 Å². The van der Waals surface area contributed by atoms with E-state index in [2.05, 4.69) is 42.8 Å². The van der Waals surface area contributed by atoms with Crippen molar-refractivity contribution < 1.29 is 19.4 Å². The number of rotatable bonds is 15. The van der Waals surface area contributed by atoms with Gasteiger partial charge < -0.3 is 19.1 Å². The second-order valence-electron chi connectivity index (χ2n) is 10.5. The van der Waals surface area contributed by atoms with E-state index in [1.54, 1.807) is 35.6 Å². The molecule has 10 heteroatoms. The number of amidine groups is 1. The highest BCUT2D eigenvalue weighted by Gasteiger charge is 2.19. The van der Waals surface area contributed by atoms with E-state index in [0.29, 0.717) is 24.7 Å². The molecule has 9 nitrogen and oxygen atoms in total. The fraction of sp³-hybridized carbons (Fsp3) is 0.484. The van der Waals surface area contributed by atoms with Gasteiger partial charge in [-0.15, -0.1) is 11.3 Å². The molecule has 1 fully saturated rings. The predicted molar refractivity (Wildman–Crippen MR) is 165 cm³/mol. The average Bonchev–Trinajstić information content (AvgIpc) is 3.46. The monoisotopic (exact) mass is 581 g/mol. The normalized spacial score (nSPS) is 13.8. The summed E-state index contributed by atoms with van der Waals surface area (Å²) in [6, 6.07) is 15.4. The van der Waals surface area contributed by atoms with E-state index in [0.717, 1.165) is 86.5 Å². The van der Waals surface area contributed by atoms with Crippen LogP contribution in [0.15, 0.2) is 48.5 Å². The van der Waals surface area contributed by atoms with Gasteiger partial charge in [-0.3, -0.25) is 21.0 Å². The zero-order valence-electron chi connectivity index (χ0n) is 24.4. The molecule has 4 rings (SSSR count). The summed E-state index contributed by atoms with van der Waals surface area (Å²) in [5, 5.41) is 17.4. The van der Waals surface area contributed by atoms with Gasteiger partial charge in [-0.05, 0) is 73.7 Å². The molecular weight excluding hydrogens is 538 g/mol. The number of thiazole rings is 1. The number of anilines is 1. The Hall–Kier alpha value is -3.18. The molecule has 0 spiro atoms. The Morgan fingerprint density at radius 3 is 2.22 bits per heavy atom. The number of hydroxylamine groups is 1. The van der Waals surface area contributed by atoms with Crippen LogP contribution in [0, 0.1) is 5.41 Å². The molecule has 2 aromatic carbocycles. The first-order chi connectivity index (χ1) is 19.9. The lowest BCUT2D eigenvalue weighted by atomic mass is 10.1. The van der Waals surface area contributed by atoms with Gasteiger partial charge in [0.1, 0.15) is 17.3 Å². The molecule has 0 bridgehead atoms. The lowest BCUT2D eigenvalue weighted by Crippen LogP contribution is -2.40. The van der Waals surface area contributed by atoms with Crippen LogP contribution in [-0.4, -0.2) is 80.6 Å². The predicted octanol–water partition coefficient (Wildman–Crippen LogP) is 5.63. The van der Waals surface area contributed by atoms with Crippen LogP contribution in [0.5, 0.6) is 11.5 Å². The molecule has 0 aliphatic carbocycles. The van der Waals surface area contributed by atoms with Crippen molar-refractivity contribution in [3.05, 3.63) is 59.0 Å². The molecule has 1 aromatic heterocycles. The Kier molecular flexibility index (Phi) is 11.8. The van der Waals surface area contributed by atoms with Crippen molar-refractivity contribution in [2.75, 3.05) is 64.6 Å². The minimum absolute atomic E-state index is 0.0396. The molecule has 222 valence electrons. The summed E-state index contributed by atoms with van der Waals surface area (Å²) in [5.41, 5.74) is 4.64. The fourth-order valence-electron chi connectivity index (χ4n) is 4.55. The Morgan fingerprint density at radius 2 is 1.63 bits per heavy atom. The highest BCUT2D eigenvalue weighted by atomic mass is 32.1. The summed E-state index contributed by atoms with van der Waals surface area (Å²) >= 11 is 1.80. The standard InChI is InChI=1S/C31H43N5O4S/c1-23(2)29-28(33-31(41-29)35(3)15-16-36-17-21-38-22-18-36)24-7-11-26(12-8-24)39-19-5-4-6-20-40-27-13-9-25(10-14-27)30(32)34-37/h7-14,23,37H,4-6,15-22H2,1-3H3,(H2,32,34). The largest absolute Gasteiger partial charge is 0.494 e.